The number of hydrogen-bond donors (Lipinski definition) is 2. The quantitative estimate of drug-likeness (QED) is 0.326. The first-order valence-corrected chi connectivity index (χ1v) is 13.0. The number of carbonyl (C=O) groups excluding carboxylic acids is 2. The zero-order valence-corrected chi connectivity index (χ0v) is 22.1. The van der Waals surface area contributed by atoms with Crippen molar-refractivity contribution in [3.05, 3.63) is 77.5 Å². The molecule has 0 unspecified atom stereocenters. The summed E-state index contributed by atoms with van der Waals surface area (Å²) >= 11 is 0. The second-order valence-corrected chi connectivity index (χ2v) is 9.44. The SMILES string of the molecule is COCCCn1c(NC(=O)c2cccc(C#N)c2)nc2cc(C(=O)N3CCN(c4ccc(O)cc4)CC3)cnc21. The molecule has 2 N–H and O–H groups in total. The molecule has 5 rings (SSSR count). The second-order valence-electron chi connectivity index (χ2n) is 9.44. The van der Waals surface area contributed by atoms with E-state index in [9.17, 15) is 20.0 Å². The molecule has 1 fully saturated rings. The Morgan fingerprint density at radius 2 is 1.85 bits per heavy atom. The Bertz CT molecular complexity index is 1570. The topological polar surface area (TPSA) is 137 Å². The van der Waals surface area contributed by atoms with Crippen molar-refractivity contribution >= 4 is 34.6 Å². The number of imidazole rings is 1. The number of carbonyl (C=O) groups is 2. The van der Waals surface area contributed by atoms with Gasteiger partial charge in [0, 0.05) is 63.9 Å². The molecule has 2 aromatic carbocycles. The summed E-state index contributed by atoms with van der Waals surface area (Å²) in [6.07, 6.45) is 2.22. The third kappa shape index (κ3) is 5.72. The van der Waals surface area contributed by atoms with Gasteiger partial charge >= 0.3 is 0 Å². The van der Waals surface area contributed by atoms with Gasteiger partial charge in [0.15, 0.2) is 5.65 Å². The first-order valence-electron chi connectivity index (χ1n) is 13.0. The molecule has 11 nitrogen and oxygen atoms in total. The number of fused-ring (bicyclic) bond motifs is 1. The summed E-state index contributed by atoms with van der Waals surface area (Å²) in [4.78, 5) is 39.5. The third-order valence-corrected chi connectivity index (χ3v) is 6.82. The highest BCUT2D eigenvalue weighted by Crippen LogP contribution is 2.23. The number of aromatic nitrogens is 3. The van der Waals surface area contributed by atoms with Crippen molar-refractivity contribution in [2.24, 2.45) is 0 Å². The molecule has 204 valence electrons. The van der Waals surface area contributed by atoms with Crippen LogP contribution in [0, 0.1) is 11.3 Å². The number of aryl methyl sites for hydroxylation is 1. The molecule has 0 spiro atoms. The number of piperazine rings is 1. The number of benzene rings is 2. The molecule has 0 bridgehead atoms. The fourth-order valence-corrected chi connectivity index (χ4v) is 4.72. The standard InChI is InChI=1S/C29H29N7O4/c1-40-15-3-10-36-26-25(32-29(36)33-27(38)21-5-2-4-20(16-21)18-30)17-22(19-31-26)28(39)35-13-11-34(12-14-35)23-6-8-24(37)9-7-23/h2,4-9,16-17,19,37H,3,10-15H2,1H3,(H,32,33,38). The number of phenolic OH excluding ortho intramolecular Hbond substituents is 1. The summed E-state index contributed by atoms with van der Waals surface area (Å²) in [6, 6.07) is 17.2. The van der Waals surface area contributed by atoms with E-state index >= 15 is 0 Å². The number of nitrogens with one attached hydrogen (secondary N) is 1. The minimum atomic E-state index is -0.400. The number of amides is 2. The number of aromatic hydroxyl groups is 1. The Hall–Kier alpha value is -4.95. The normalized spacial score (nSPS) is 13.3. The van der Waals surface area contributed by atoms with E-state index in [1.165, 1.54) is 6.07 Å². The van der Waals surface area contributed by atoms with Crippen LogP contribution in [-0.2, 0) is 11.3 Å². The number of rotatable bonds is 8. The van der Waals surface area contributed by atoms with E-state index < -0.39 is 5.91 Å². The van der Waals surface area contributed by atoms with Crippen LogP contribution in [0.4, 0.5) is 11.6 Å². The van der Waals surface area contributed by atoms with Crippen LogP contribution < -0.4 is 10.2 Å². The number of pyridine rings is 1. The average molecular weight is 540 g/mol. The van der Waals surface area contributed by atoms with Gasteiger partial charge in [-0.2, -0.15) is 5.26 Å². The summed E-state index contributed by atoms with van der Waals surface area (Å²) in [5, 5.41) is 21.5. The van der Waals surface area contributed by atoms with Crippen molar-refractivity contribution < 1.29 is 19.4 Å². The van der Waals surface area contributed by atoms with Gasteiger partial charge in [0.05, 0.1) is 17.2 Å². The molecule has 0 atom stereocenters. The summed E-state index contributed by atoms with van der Waals surface area (Å²) in [7, 11) is 1.62. The molecule has 1 saturated heterocycles. The monoisotopic (exact) mass is 539 g/mol. The third-order valence-electron chi connectivity index (χ3n) is 6.82. The van der Waals surface area contributed by atoms with Gasteiger partial charge in [-0.1, -0.05) is 6.07 Å². The van der Waals surface area contributed by atoms with Crippen LogP contribution in [-0.4, -0.2) is 76.3 Å². The van der Waals surface area contributed by atoms with Gasteiger partial charge in [-0.3, -0.25) is 19.5 Å². The molecule has 11 heteroatoms. The Labute approximate surface area is 231 Å². The van der Waals surface area contributed by atoms with Gasteiger partial charge in [0.2, 0.25) is 5.95 Å². The Morgan fingerprint density at radius 1 is 1.07 bits per heavy atom. The molecular formula is C29H29N7O4. The zero-order chi connectivity index (χ0) is 28.1. The number of anilines is 2. The molecule has 0 saturated carbocycles. The first-order chi connectivity index (χ1) is 19.5. The van der Waals surface area contributed by atoms with E-state index in [-0.39, 0.29) is 11.7 Å². The second kappa shape index (κ2) is 11.8. The number of ether oxygens (including phenoxy) is 1. The van der Waals surface area contributed by atoms with E-state index in [1.54, 1.807) is 59.2 Å². The van der Waals surface area contributed by atoms with Crippen LogP contribution in [0.3, 0.4) is 0 Å². The van der Waals surface area contributed by atoms with E-state index in [4.69, 9.17) is 4.74 Å². The van der Waals surface area contributed by atoms with Gasteiger partial charge in [-0.15, -0.1) is 0 Å². The lowest BCUT2D eigenvalue weighted by Crippen LogP contribution is -2.48. The number of phenols is 1. The van der Waals surface area contributed by atoms with Crippen molar-refractivity contribution in [2.75, 3.05) is 50.1 Å². The van der Waals surface area contributed by atoms with Crippen LogP contribution in [0.25, 0.3) is 11.2 Å². The first kappa shape index (κ1) is 26.6. The maximum atomic E-state index is 13.3. The molecule has 0 aliphatic carbocycles. The lowest BCUT2D eigenvalue weighted by Gasteiger charge is -2.36. The van der Waals surface area contributed by atoms with Crippen molar-refractivity contribution in [3.8, 4) is 11.8 Å². The molecular weight excluding hydrogens is 510 g/mol. The van der Waals surface area contributed by atoms with Crippen LogP contribution >= 0.6 is 0 Å². The molecule has 2 aromatic heterocycles. The number of nitrogens with zero attached hydrogens (tertiary/aromatic N) is 6. The predicted octanol–water partition coefficient (Wildman–Crippen LogP) is 3.26. The highest BCUT2D eigenvalue weighted by molar-refractivity contribution is 6.04. The molecule has 1 aliphatic rings. The molecule has 4 aromatic rings. The largest absolute Gasteiger partial charge is 0.508 e. The van der Waals surface area contributed by atoms with Gasteiger partial charge < -0.3 is 19.6 Å². The Kier molecular flexibility index (Phi) is 7.89. The predicted molar refractivity (Wildman–Crippen MR) is 149 cm³/mol. The van der Waals surface area contributed by atoms with Crippen LogP contribution in [0.15, 0.2) is 60.8 Å². The summed E-state index contributed by atoms with van der Waals surface area (Å²) in [5.41, 5.74) is 3.19. The van der Waals surface area contributed by atoms with Crippen molar-refractivity contribution in [3.63, 3.8) is 0 Å². The Morgan fingerprint density at radius 3 is 2.58 bits per heavy atom. The molecule has 1 aliphatic heterocycles. The summed E-state index contributed by atoms with van der Waals surface area (Å²) in [6.45, 7) is 3.45. The van der Waals surface area contributed by atoms with E-state index in [0.717, 1.165) is 5.69 Å². The van der Waals surface area contributed by atoms with Crippen molar-refractivity contribution in [1.29, 1.82) is 5.26 Å². The van der Waals surface area contributed by atoms with Crippen LogP contribution in [0.5, 0.6) is 5.75 Å². The van der Waals surface area contributed by atoms with Crippen LogP contribution in [0.1, 0.15) is 32.7 Å². The smallest absolute Gasteiger partial charge is 0.258 e. The van der Waals surface area contributed by atoms with Gasteiger partial charge in [-0.25, -0.2) is 9.97 Å². The van der Waals surface area contributed by atoms with Crippen molar-refractivity contribution in [2.45, 2.75) is 13.0 Å². The average Bonchev–Trinajstić information content (AvgIpc) is 3.33. The van der Waals surface area contributed by atoms with Crippen molar-refractivity contribution in [1.82, 2.24) is 19.4 Å². The number of nitriles is 1. The van der Waals surface area contributed by atoms with E-state index in [1.807, 2.05) is 18.2 Å². The van der Waals surface area contributed by atoms with E-state index in [2.05, 4.69) is 20.2 Å². The fraction of sp³-hybridized carbons (Fsp3) is 0.276. The number of hydrogen-bond acceptors (Lipinski definition) is 8. The lowest BCUT2D eigenvalue weighted by molar-refractivity contribution is 0.0746. The molecule has 0 radical (unpaired) electrons. The molecule has 2 amide bonds. The fourth-order valence-electron chi connectivity index (χ4n) is 4.72. The Balaban J connectivity index is 1.35. The maximum absolute atomic E-state index is 13.3. The molecule has 40 heavy (non-hydrogen) atoms. The van der Waals surface area contributed by atoms with Gasteiger partial charge in [0.25, 0.3) is 11.8 Å². The minimum absolute atomic E-state index is 0.132. The highest BCUT2D eigenvalue weighted by Gasteiger charge is 2.24. The maximum Gasteiger partial charge on any atom is 0.258 e. The highest BCUT2D eigenvalue weighted by atomic mass is 16.5. The van der Waals surface area contributed by atoms with Crippen LogP contribution in [0.2, 0.25) is 0 Å². The van der Waals surface area contributed by atoms with Gasteiger partial charge in [0.1, 0.15) is 11.3 Å². The zero-order valence-electron chi connectivity index (χ0n) is 22.1. The molecule has 3 heterocycles. The summed E-state index contributed by atoms with van der Waals surface area (Å²) in [5.74, 6) is -0.00798. The number of methoxy groups -OCH3 is 1. The van der Waals surface area contributed by atoms with Gasteiger partial charge in [-0.05, 0) is 55.0 Å². The minimum Gasteiger partial charge on any atom is -0.508 e. The lowest BCUT2D eigenvalue weighted by atomic mass is 10.1. The van der Waals surface area contributed by atoms with E-state index in [0.29, 0.717) is 79.6 Å². The summed E-state index contributed by atoms with van der Waals surface area (Å²) < 4.78 is 6.99.